The zero-order valence-electron chi connectivity index (χ0n) is 14.2. The number of rotatable bonds is 4. The van der Waals surface area contributed by atoms with Crippen LogP contribution in [0.2, 0.25) is 0 Å². The molecular formula is C16H18F3N3O4S. The number of aromatic hydroxyl groups is 1. The van der Waals surface area contributed by atoms with Gasteiger partial charge in [-0.1, -0.05) is 0 Å². The summed E-state index contributed by atoms with van der Waals surface area (Å²) in [6, 6.07) is 2.34. The molecule has 0 bridgehead atoms. The molecule has 2 N–H and O–H groups in total. The predicted octanol–water partition coefficient (Wildman–Crippen LogP) is 1.50. The van der Waals surface area contributed by atoms with Crippen LogP contribution in [0.1, 0.15) is 18.4 Å². The van der Waals surface area contributed by atoms with E-state index >= 15 is 0 Å². The van der Waals surface area contributed by atoms with Crippen LogP contribution >= 0.6 is 0 Å². The highest BCUT2D eigenvalue weighted by Gasteiger charge is 2.37. The summed E-state index contributed by atoms with van der Waals surface area (Å²) in [5, 5.41) is 10.1. The van der Waals surface area contributed by atoms with Gasteiger partial charge in [-0.2, -0.15) is 17.2 Å². The molecule has 3 rings (SSSR count). The molecule has 0 spiro atoms. The lowest BCUT2D eigenvalue weighted by atomic mass is 10.0. The zero-order valence-corrected chi connectivity index (χ0v) is 15.0. The number of likely N-dealkylation sites (tertiary alicyclic amines) is 1. The molecule has 0 saturated carbocycles. The summed E-state index contributed by atoms with van der Waals surface area (Å²) in [5.74, 6) is -2.37. The number of carbonyl (C=O) groups is 1. The number of phenolic OH excluding ortho intramolecular Hbond substituents is 1. The zero-order chi connectivity index (χ0) is 19.8. The van der Waals surface area contributed by atoms with Crippen LogP contribution in [-0.2, 0) is 21.4 Å². The summed E-state index contributed by atoms with van der Waals surface area (Å²) < 4.78 is 65.4. The van der Waals surface area contributed by atoms with E-state index in [1.807, 2.05) is 4.90 Å². The number of hydrogen-bond acceptors (Lipinski definition) is 5. The van der Waals surface area contributed by atoms with Crippen molar-refractivity contribution in [2.24, 2.45) is 0 Å². The summed E-state index contributed by atoms with van der Waals surface area (Å²) in [4.78, 5) is 13.2. The second-order valence-electron chi connectivity index (χ2n) is 6.44. The molecular weight excluding hydrogens is 387 g/mol. The van der Waals surface area contributed by atoms with Gasteiger partial charge in [0.25, 0.3) is 12.0 Å². The fourth-order valence-electron chi connectivity index (χ4n) is 3.20. The van der Waals surface area contributed by atoms with Gasteiger partial charge in [0.1, 0.15) is 18.0 Å². The van der Waals surface area contributed by atoms with Crippen LogP contribution in [0.4, 0.5) is 18.9 Å². The number of nitrogens with zero attached hydrogens (tertiary/aromatic N) is 2. The molecule has 7 nitrogen and oxygen atoms in total. The maximum Gasteiger partial charge on any atom is 0.326 e. The molecule has 2 saturated heterocycles. The van der Waals surface area contributed by atoms with Crippen LogP contribution in [0.3, 0.4) is 0 Å². The Morgan fingerprint density at radius 3 is 2.41 bits per heavy atom. The summed E-state index contributed by atoms with van der Waals surface area (Å²) >= 11 is 0. The quantitative estimate of drug-likeness (QED) is 0.793. The molecule has 2 aliphatic heterocycles. The number of piperidine rings is 1. The van der Waals surface area contributed by atoms with E-state index in [2.05, 4.69) is 0 Å². The molecule has 0 aromatic heterocycles. The Hall–Kier alpha value is -2.27. The van der Waals surface area contributed by atoms with E-state index < -0.39 is 46.0 Å². The third-order valence-electron chi connectivity index (χ3n) is 4.62. The van der Waals surface area contributed by atoms with Gasteiger partial charge in [-0.05, 0) is 42.5 Å². The average molecular weight is 405 g/mol. The second-order valence-corrected chi connectivity index (χ2v) is 8.03. The van der Waals surface area contributed by atoms with Crippen molar-refractivity contribution in [3.8, 4) is 5.75 Å². The minimum atomic E-state index is -4.23. The summed E-state index contributed by atoms with van der Waals surface area (Å²) in [5.41, 5.74) is 0.0141. The van der Waals surface area contributed by atoms with Gasteiger partial charge < -0.3 is 10.0 Å². The highest BCUT2D eigenvalue weighted by Crippen LogP contribution is 2.34. The molecule has 2 aliphatic rings. The normalized spacial score (nSPS) is 20.0. The van der Waals surface area contributed by atoms with E-state index in [9.17, 15) is 31.5 Å². The maximum atomic E-state index is 14.4. The average Bonchev–Trinajstić information content (AvgIpc) is 2.85. The Bertz CT molecular complexity index is 867. The number of benzene rings is 1. The second kappa shape index (κ2) is 7.39. The smallest absolute Gasteiger partial charge is 0.326 e. The number of phenols is 1. The molecule has 2 fully saturated rings. The monoisotopic (exact) mass is 405 g/mol. The molecule has 148 valence electrons. The van der Waals surface area contributed by atoms with Crippen LogP contribution < -0.4 is 9.03 Å². The lowest BCUT2D eigenvalue weighted by Gasteiger charge is -2.27. The van der Waals surface area contributed by atoms with Gasteiger partial charge >= 0.3 is 10.2 Å². The minimum absolute atomic E-state index is 0.161. The van der Waals surface area contributed by atoms with Crippen LogP contribution in [0.25, 0.3) is 0 Å². The highest BCUT2D eigenvalue weighted by molar-refractivity contribution is 7.92. The number of halogens is 3. The van der Waals surface area contributed by atoms with Gasteiger partial charge in [0.15, 0.2) is 5.82 Å². The number of amides is 1. The fourth-order valence-corrected chi connectivity index (χ4v) is 4.37. The molecule has 1 amide bonds. The Kier molecular flexibility index (Phi) is 5.33. The van der Waals surface area contributed by atoms with E-state index in [1.165, 1.54) is 6.07 Å². The first kappa shape index (κ1) is 19.5. The first-order valence-electron chi connectivity index (χ1n) is 8.27. The van der Waals surface area contributed by atoms with Crippen molar-refractivity contribution in [3.63, 3.8) is 0 Å². The maximum absolute atomic E-state index is 14.4. The number of carbonyl (C=O) groups excluding carboxylic acids is 1. The highest BCUT2D eigenvalue weighted by atomic mass is 32.2. The number of nitrogens with one attached hydrogen (secondary N) is 1. The molecule has 0 atom stereocenters. The van der Waals surface area contributed by atoms with Crippen molar-refractivity contribution >= 4 is 21.8 Å². The van der Waals surface area contributed by atoms with Gasteiger partial charge in [0.05, 0.1) is 0 Å². The van der Waals surface area contributed by atoms with Crippen LogP contribution in [0.5, 0.6) is 5.75 Å². The Morgan fingerprint density at radius 2 is 1.89 bits per heavy atom. The van der Waals surface area contributed by atoms with E-state index in [1.54, 1.807) is 4.72 Å². The van der Waals surface area contributed by atoms with Crippen LogP contribution in [-0.4, -0.2) is 50.5 Å². The number of anilines is 1. The van der Waals surface area contributed by atoms with E-state index in [0.29, 0.717) is 35.9 Å². The summed E-state index contributed by atoms with van der Waals surface area (Å²) in [7, 11) is -4.23. The standard InChI is InChI=1S/C16H18F3N3O4S/c17-12-7-10(1-4-21-5-2-11(3-6-21)16(18)19)8-13(23)15(12)22-9-14(24)20-27(22,25)26/h7-8,23H,1-6,9H2,(H,20,24). The predicted molar refractivity (Wildman–Crippen MR) is 91.1 cm³/mol. The van der Waals surface area contributed by atoms with Gasteiger partial charge in [0, 0.05) is 19.6 Å². The van der Waals surface area contributed by atoms with Crippen molar-refractivity contribution in [1.82, 2.24) is 9.62 Å². The van der Waals surface area contributed by atoms with E-state index in [-0.39, 0.29) is 18.4 Å². The van der Waals surface area contributed by atoms with Crippen molar-refractivity contribution in [2.45, 2.75) is 19.3 Å². The molecule has 1 aromatic rings. The Balaban J connectivity index is 1.69. The van der Waals surface area contributed by atoms with Crippen molar-refractivity contribution < 1.29 is 31.5 Å². The summed E-state index contributed by atoms with van der Waals surface area (Å²) in [6.07, 6.45) is -0.697. The van der Waals surface area contributed by atoms with Crippen LogP contribution in [0, 0.1) is 5.82 Å². The topological polar surface area (TPSA) is 90.0 Å². The van der Waals surface area contributed by atoms with Gasteiger partial charge in [0.2, 0.25) is 0 Å². The number of hydrogen-bond donors (Lipinski definition) is 2. The lowest BCUT2D eigenvalue weighted by molar-refractivity contribution is -0.117. The van der Waals surface area contributed by atoms with Crippen molar-refractivity contribution in [2.75, 3.05) is 30.5 Å². The molecule has 0 radical (unpaired) electrons. The van der Waals surface area contributed by atoms with Gasteiger partial charge in [-0.25, -0.2) is 13.4 Å². The van der Waals surface area contributed by atoms with Crippen LogP contribution in [0.15, 0.2) is 23.8 Å². The molecule has 1 aromatic carbocycles. The van der Waals surface area contributed by atoms with Crippen molar-refractivity contribution in [3.05, 3.63) is 35.2 Å². The first-order valence-corrected chi connectivity index (χ1v) is 9.71. The molecule has 11 heteroatoms. The Labute approximate surface area is 154 Å². The van der Waals surface area contributed by atoms with E-state index in [4.69, 9.17) is 0 Å². The SMILES string of the molecule is O=C1CN(c2c(O)cc(CCN3CCC(=C(F)F)CC3)cc2F)S(=O)(=O)N1. The first-order chi connectivity index (χ1) is 12.7. The largest absolute Gasteiger partial charge is 0.506 e. The molecule has 0 aliphatic carbocycles. The third-order valence-corrected chi connectivity index (χ3v) is 5.99. The van der Waals surface area contributed by atoms with Crippen molar-refractivity contribution in [1.29, 1.82) is 0 Å². The fraction of sp³-hybridized carbons (Fsp3) is 0.438. The van der Waals surface area contributed by atoms with Gasteiger partial charge in [-0.15, -0.1) is 0 Å². The van der Waals surface area contributed by atoms with Gasteiger partial charge in [-0.3, -0.25) is 4.79 Å². The third kappa shape index (κ3) is 4.19. The molecule has 27 heavy (non-hydrogen) atoms. The Morgan fingerprint density at radius 1 is 1.22 bits per heavy atom. The van der Waals surface area contributed by atoms with E-state index in [0.717, 1.165) is 6.07 Å². The molecule has 0 unspecified atom stereocenters. The summed E-state index contributed by atoms with van der Waals surface area (Å²) in [6.45, 7) is 0.820. The lowest BCUT2D eigenvalue weighted by Crippen LogP contribution is -2.32. The minimum Gasteiger partial charge on any atom is -0.506 e. The molecule has 2 heterocycles.